The number of nitrogens with two attached hydrogens (primary N) is 1. The number of anilines is 1. The molecule has 3 N–H and O–H groups in total. The van der Waals surface area contributed by atoms with Crippen LogP contribution in [-0.2, 0) is 10.1 Å². The van der Waals surface area contributed by atoms with Crippen LogP contribution in [0.2, 0.25) is 0 Å². The van der Waals surface area contributed by atoms with E-state index in [1.807, 2.05) is 0 Å². The number of aromatic nitrogens is 3. The summed E-state index contributed by atoms with van der Waals surface area (Å²) >= 11 is 0. The highest BCUT2D eigenvalue weighted by Crippen LogP contribution is 1.86. The molecule has 1 aromatic rings. The molecule has 1 aromatic heterocycles. The molecule has 1 rings (SSSR count). The van der Waals surface area contributed by atoms with Crippen LogP contribution in [0.3, 0.4) is 0 Å². The predicted molar refractivity (Wildman–Crippen MR) is 41.7 cm³/mol. The van der Waals surface area contributed by atoms with E-state index < -0.39 is 10.1 Å². The van der Waals surface area contributed by atoms with Gasteiger partial charge in [-0.3, -0.25) is 4.55 Å². The van der Waals surface area contributed by atoms with Crippen molar-refractivity contribution in [1.82, 2.24) is 15.4 Å². The van der Waals surface area contributed by atoms with Crippen molar-refractivity contribution >= 4 is 15.8 Å². The highest BCUT2D eigenvalue weighted by molar-refractivity contribution is 7.85. The quantitative estimate of drug-likeness (QED) is 0.503. The minimum absolute atomic E-state index is 0.537. The zero-order valence-corrected chi connectivity index (χ0v) is 7.06. The van der Waals surface area contributed by atoms with E-state index in [0.717, 1.165) is 0 Å². The van der Waals surface area contributed by atoms with Gasteiger partial charge in [-0.25, -0.2) is 0 Å². The minimum atomic E-state index is -3.67. The highest BCUT2D eigenvalue weighted by atomic mass is 32.2. The SMILES string of the molecule is CS(=O)(=O)O.Nc1cnnnc1. The van der Waals surface area contributed by atoms with Crippen LogP contribution in [0.1, 0.15) is 0 Å². The molecule has 68 valence electrons. The molecule has 0 aliphatic heterocycles. The van der Waals surface area contributed by atoms with Gasteiger partial charge in [0.25, 0.3) is 10.1 Å². The summed E-state index contributed by atoms with van der Waals surface area (Å²) in [5, 5.41) is 10.1. The van der Waals surface area contributed by atoms with Gasteiger partial charge in [-0.1, -0.05) is 0 Å². The van der Waals surface area contributed by atoms with Crippen LogP contribution in [0.4, 0.5) is 5.69 Å². The summed E-state index contributed by atoms with van der Waals surface area (Å²) < 4.78 is 25.9. The average Bonchev–Trinajstić information content (AvgIpc) is 1.85. The summed E-state index contributed by atoms with van der Waals surface area (Å²) in [6, 6.07) is 0. The number of nitrogen functional groups attached to an aromatic ring is 1. The molecule has 0 aliphatic carbocycles. The Kier molecular flexibility index (Phi) is 4.08. The lowest BCUT2D eigenvalue weighted by Crippen LogP contribution is -1.89. The largest absolute Gasteiger partial charge is 0.396 e. The summed E-state index contributed by atoms with van der Waals surface area (Å²) in [5.41, 5.74) is 5.73. The van der Waals surface area contributed by atoms with E-state index in [0.29, 0.717) is 11.9 Å². The smallest absolute Gasteiger partial charge is 0.261 e. The van der Waals surface area contributed by atoms with Crippen LogP contribution in [0, 0.1) is 0 Å². The van der Waals surface area contributed by atoms with Crippen molar-refractivity contribution in [3.63, 3.8) is 0 Å². The van der Waals surface area contributed by atoms with Gasteiger partial charge in [0.05, 0.1) is 24.3 Å². The van der Waals surface area contributed by atoms with Crippen molar-refractivity contribution in [2.75, 3.05) is 12.0 Å². The second kappa shape index (κ2) is 4.57. The molecule has 0 bridgehead atoms. The van der Waals surface area contributed by atoms with E-state index in [4.69, 9.17) is 10.3 Å². The van der Waals surface area contributed by atoms with Crippen molar-refractivity contribution in [3.8, 4) is 0 Å². The molecule has 0 aromatic carbocycles. The van der Waals surface area contributed by atoms with Gasteiger partial charge in [-0.2, -0.15) is 8.42 Å². The second-order valence-electron chi connectivity index (χ2n) is 1.81. The summed E-state index contributed by atoms with van der Waals surface area (Å²) in [4.78, 5) is 0. The third-order valence-corrected chi connectivity index (χ3v) is 0.517. The van der Waals surface area contributed by atoms with Crippen molar-refractivity contribution in [2.24, 2.45) is 0 Å². The molecule has 0 aliphatic rings. The lowest BCUT2D eigenvalue weighted by molar-refractivity contribution is 0.490. The van der Waals surface area contributed by atoms with E-state index in [1.165, 1.54) is 12.4 Å². The van der Waals surface area contributed by atoms with E-state index in [-0.39, 0.29) is 0 Å². The lowest BCUT2D eigenvalue weighted by Gasteiger charge is -1.80. The maximum Gasteiger partial charge on any atom is 0.261 e. The predicted octanol–water partition coefficient (Wildman–Crippen LogP) is -1.04. The summed E-state index contributed by atoms with van der Waals surface area (Å²) in [6.45, 7) is 0. The van der Waals surface area contributed by atoms with Crippen molar-refractivity contribution in [1.29, 1.82) is 0 Å². The first-order valence-electron chi connectivity index (χ1n) is 2.71. The first-order valence-corrected chi connectivity index (χ1v) is 4.55. The van der Waals surface area contributed by atoms with Crippen LogP contribution in [0.25, 0.3) is 0 Å². The van der Waals surface area contributed by atoms with Gasteiger partial charge in [0, 0.05) is 0 Å². The number of nitrogens with zero attached hydrogens (tertiary/aromatic N) is 3. The molecule has 0 radical (unpaired) electrons. The maximum atomic E-state index is 9.19. The summed E-state index contributed by atoms with van der Waals surface area (Å²) in [5.74, 6) is 0. The Morgan fingerprint density at radius 3 is 1.92 bits per heavy atom. The van der Waals surface area contributed by atoms with Gasteiger partial charge >= 0.3 is 0 Å². The van der Waals surface area contributed by atoms with Crippen molar-refractivity contribution in [3.05, 3.63) is 12.4 Å². The maximum absolute atomic E-state index is 9.19. The monoisotopic (exact) mass is 192 g/mol. The number of hydrogen-bond donors (Lipinski definition) is 2. The van der Waals surface area contributed by atoms with E-state index in [9.17, 15) is 8.42 Å². The molecule has 0 unspecified atom stereocenters. The molecule has 0 saturated carbocycles. The Morgan fingerprint density at radius 2 is 1.75 bits per heavy atom. The second-order valence-corrected chi connectivity index (χ2v) is 3.28. The van der Waals surface area contributed by atoms with Crippen molar-refractivity contribution in [2.45, 2.75) is 0 Å². The third kappa shape index (κ3) is 11.5. The zero-order chi connectivity index (χ0) is 9.61. The first kappa shape index (κ1) is 10.7. The van der Waals surface area contributed by atoms with Crippen LogP contribution in [0.5, 0.6) is 0 Å². The van der Waals surface area contributed by atoms with Gasteiger partial charge < -0.3 is 5.73 Å². The molecular formula is C4H8N4O3S. The Balaban J connectivity index is 0.000000217. The van der Waals surface area contributed by atoms with Crippen LogP contribution >= 0.6 is 0 Å². The average molecular weight is 192 g/mol. The Labute approximate surface area is 69.4 Å². The summed E-state index contributed by atoms with van der Waals surface area (Å²) in [7, 11) is -3.67. The Hall–Kier alpha value is -1.28. The molecule has 0 saturated heterocycles. The number of hydrogen-bond acceptors (Lipinski definition) is 6. The van der Waals surface area contributed by atoms with Gasteiger partial charge in [-0.15, -0.1) is 10.2 Å². The fraction of sp³-hybridized carbons (Fsp3) is 0.250. The first-order chi connectivity index (χ1) is 5.39. The topological polar surface area (TPSA) is 119 Å². The standard InChI is InChI=1S/C3H4N4.CH4O3S/c4-3-1-5-7-6-2-3;1-5(2,3)4/h1-2H,(H2,4,7);1H3,(H,2,3,4). The molecule has 0 amide bonds. The third-order valence-electron chi connectivity index (χ3n) is 0.517. The van der Waals surface area contributed by atoms with Crippen LogP contribution in [-0.4, -0.2) is 34.6 Å². The minimum Gasteiger partial charge on any atom is -0.396 e. The van der Waals surface area contributed by atoms with Gasteiger partial charge in [0.1, 0.15) is 0 Å². The molecular weight excluding hydrogens is 184 g/mol. The zero-order valence-electron chi connectivity index (χ0n) is 6.25. The van der Waals surface area contributed by atoms with Crippen molar-refractivity contribution < 1.29 is 13.0 Å². The fourth-order valence-corrected chi connectivity index (χ4v) is 0.248. The molecule has 12 heavy (non-hydrogen) atoms. The van der Waals surface area contributed by atoms with Gasteiger partial charge in [0.15, 0.2) is 0 Å². The summed E-state index contributed by atoms with van der Waals surface area (Å²) in [6.07, 6.45) is 3.59. The van der Waals surface area contributed by atoms with E-state index >= 15 is 0 Å². The molecule has 1 heterocycles. The molecule has 0 spiro atoms. The Morgan fingerprint density at radius 1 is 1.42 bits per heavy atom. The van der Waals surface area contributed by atoms with Gasteiger partial charge in [0.2, 0.25) is 0 Å². The van der Waals surface area contributed by atoms with E-state index in [1.54, 1.807) is 0 Å². The highest BCUT2D eigenvalue weighted by Gasteiger charge is 1.81. The van der Waals surface area contributed by atoms with Gasteiger partial charge in [-0.05, 0) is 5.21 Å². The lowest BCUT2D eigenvalue weighted by atomic mass is 10.6. The molecule has 7 nitrogen and oxygen atoms in total. The fourth-order valence-electron chi connectivity index (χ4n) is 0.248. The van der Waals surface area contributed by atoms with Crippen LogP contribution < -0.4 is 5.73 Å². The molecule has 0 atom stereocenters. The number of rotatable bonds is 0. The molecule has 8 heteroatoms. The normalized spacial score (nSPS) is 9.83. The van der Waals surface area contributed by atoms with E-state index in [2.05, 4.69) is 15.4 Å². The Bertz CT molecular complexity index is 302. The van der Waals surface area contributed by atoms with Crippen LogP contribution in [0.15, 0.2) is 12.4 Å². The molecule has 0 fully saturated rings.